The van der Waals surface area contributed by atoms with Crippen molar-refractivity contribution >= 4 is 27.9 Å². The molecular formula is C26H33N5S. The van der Waals surface area contributed by atoms with Crippen LogP contribution in [0.1, 0.15) is 40.5 Å². The average molecular weight is 448 g/mol. The van der Waals surface area contributed by atoms with Crippen LogP contribution in [0.25, 0.3) is 32.9 Å². The molecule has 1 aliphatic heterocycles. The summed E-state index contributed by atoms with van der Waals surface area (Å²) in [5.41, 5.74) is 11.4. The van der Waals surface area contributed by atoms with Crippen LogP contribution in [0, 0.1) is 0 Å². The number of nitrogens with zero attached hydrogens (tertiary/aromatic N) is 4. The van der Waals surface area contributed by atoms with Crippen molar-refractivity contribution in [3.05, 3.63) is 60.2 Å². The molecule has 32 heavy (non-hydrogen) atoms. The second kappa shape index (κ2) is 11.7. The van der Waals surface area contributed by atoms with E-state index in [0.717, 1.165) is 58.8 Å². The van der Waals surface area contributed by atoms with E-state index in [0.29, 0.717) is 0 Å². The zero-order chi connectivity index (χ0) is 22.9. The number of piperidine rings is 1. The fraction of sp³-hybridized carbons (Fsp3) is 0.346. The van der Waals surface area contributed by atoms with E-state index < -0.39 is 0 Å². The summed E-state index contributed by atoms with van der Waals surface area (Å²) in [5.74, 6) is 0. The van der Waals surface area contributed by atoms with Gasteiger partial charge >= 0.3 is 0 Å². The van der Waals surface area contributed by atoms with Gasteiger partial charge in [-0.25, -0.2) is 9.97 Å². The summed E-state index contributed by atoms with van der Waals surface area (Å²) < 4.78 is 0. The molecule has 0 bridgehead atoms. The number of pyridine rings is 2. The number of benzene rings is 1. The third kappa shape index (κ3) is 5.31. The summed E-state index contributed by atoms with van der Waals surface area (Å²) >= 11 is 1.60. The summed E-state index contributed by atoms with van der Waals surface area (Å²) in [7, 11) is 0. The number of anilines is 1. The number of aromatic nitrogens is 3. The number of nitrogens with two attached hydrogens (primary N) is 1. The molecule has 4 heterocycles. The fourth-order valence-electron chi connectivity index (χ4n) is 3.86. The van der Waals surface area contributed by atoms with Crippen molar-refractivity contribution in [1.82, 2.24) is 15.0 Å². The lowest BCUT2D eigenvalue weighted by Crippen LogP contribution is -2.42. The molecule has 0 amide bonds. The number of fused-ring (bicyclic) bond motifs is 1. The van der Waals surface area contributed by atoms with Crippen LogP contribution in [0.15, 0.2) is 60.2 Å². The van der Waals surface area contributed by atoms with Gasteiger partial charge in [-0.3, -0.25) is 4.98 Å². The topological polar surface area (TPSA) is 67.9 Å². The van der Waals surface area contributed by atoms with Gasteiger partial charge in [0, 0.05) is 53.5 Å². The smallest absolute Gasteiger partial charge is 0.141 e. The first-order chi connectivity index (χ1) is 15.8. The molecule has 0 unspecified atom stereocenters. The minimum atomic E-state index is 0.233. The Balaban J connectivity index is 0.000000686. The lowest BCUT2D eigenvalue weighted by atomic mass is 10.0. The van der Waals surface area contributed by atoms with Gasteiger partial charge in [-0.2, -0.15) is 0 Å². The highest BCUT2D eigenvalue weighted by Crippen LogP contribution is 2.32. The lowest BCUT2D eigenvalue weighted by molar-refractivity contribution is 0.507. The highest BCUT2D eigenvalue weighted by atomic mass is 32.1. The van der Waals surface area contributed by atoms with Gasteiger partial charge in [-0.1, -0.05) is 39.8 Å². The van der Waals surface area contributed by atoms with Gasteiger partial charge in [0.25, 0.3) is 0 Å². The van der Waals surface area contributed by atoms with Crippen LogP contribution in [0.3, 0.4) is 0 Å². The maximum atomic E-state index is 6.22. The van der Waals surface area contributed by atoms with Crippen LogP contribution < -0.4 is 10.6 Å². The molecule has 3 aromatic heterocycles. The quantitative estimate of drug-likeness (QED) is 0.393. The predicted molar refractivity (Wildman–Crippen MR) is 138 cm³/mol. The van der Waals surface area contributed by atoms with Crippen LogP contribution in [0.5, 0.6) is 0 Å². The summed E-state index contributed by atoms with van der Waals surface area (Å²) in [6.45, 7) is 9.93. The molecule has 0 saturated carbocycles. The molecule has 0 radical (unpaired) electrons. The second-order valence-corrected chi connectivity index (χ2v) is 8.05. The van der Waals surface area contributed by atoms with Crippen molar-refractivity contribution in [2.45, 2.75) is 46.6 Å². The summed E-state index contributed by atoms with van der Waals surface area (Å²) in [5, 5.41) is 4.06. The summed E-state index contributed by atoms with van der Waals surface area (Å²) in [4.78, 5) is 16.2. The van der Waals surface area contributed by atoms with Crippen molar-refractivity contribution in [2.75, 3.05) is 18.0 Å². The molecule has 5 nitrogen and oxygen atoms in total. The highest BCUT2D eigenvalue weighted by molar-refractivity contribution is 7.13. The van der Waals surface area contributed by atoms with E-state index in [9.17, 15) is 0 Å². The van der Waals surface area contributed by atoms with Crippen LogP contribution in [-0.4, -0.2) is 34.1 Å². The molecule has 4 aromatic rings. The molecule has 1 atom stereocenters. The molecule has 1 aliphatic rings. The van der Waals surface area contributed by atoms with E-state index in [1.54, 1.807) is 11.3 Å². The minimum absolute atomic E-state index is 0.233. The molecule has 1 fully saturated rings. The average Bonchev–Trinajstić information content (AvgIpc) is 3.41. The Morgan fingerprint density at radius 1 is 0.969 bits per heavy atom. The molecule has 5 rings (SSSR count). The van der Waals surface area contributed by atoms with E-state index in [4.69, 9.17) is 10.7 Å². The van der Waals surface area contributed by atoms with Crippen LogP contribution >= 0.6 is 11.3 Å². The van der Waals surface area contributed by atoms with Crippen molar-refractivity contribution in [3.8, 4) is 22.0 Å². The maximum absolute atomic E-state index is 6.22. The maximum Gasteiger partial charge on any atom is 0.141 e. The highest BCUT2D eigenvalue weighted by Gasteiger charge is 2.19. The third-order valence-corrected chi connectivity index (χ3v) is 6.01. The number of thiazole rings is 1. The third-order valence-electron chi connectivity index (χ3n) is 5.21. The normalized spacial score (nSPS) is 15.4. The molecule has 1 saturated heterocycles. The van der Waals surface area contributed by atoms with E-state index in [-0.39, 0.29) is 6.04 Å². The second-order valence-electron chi connectivity index (χ2n) is 7.16. The summed E-state index contributed by atoms with van der Waals surface area (Å²) in [6, 6.07) is 14.8. The zero-order valence-corrected chi connectivity index (χ0v) is 20.3. The van der Waals surface area contributed by atoms with Gasteiger partial charge in [0.15, 0.2) is 0 Å². The summed E-state index contributed by atoms with van der Waals surface area (Å²) in [6.07, 6.45) is 5.92. The number of rotatable bonds is 3. The Labute approximate surface area is 195 Å². The molecular weight excluding hydrogens is 414 g/mol. The first-order valence-electron chi connectivity index (χ1n) is 11.5. The van der Waals surface area contributed by atoms with Crippen LogP contribution in [-0.2, 0) is 0 Å². The first kappa shape index (κ1) is 23.8. The number of hydrogen-bond acceptors (Lipinski definition) is 6. The van der Waals surface area contributed by atoms with Crippen LogP contribution in [0.2, 0.25) is 0 Å². The molecule has 168 valence electrons. The van der Waals surface area contributed by atoms with Crippen molar-refractivity contribution < 1.29 is 0 Å². The van der Waals surface area contributed by atoms with Gasteiger partial charge in [0.1, 0.15) is 5.01 Å². The Morgan fingerprint density at radius 3 is 2.53 bits per heavy atom. The molecule has 1 aromatic carbocycles. The van der Waals surface area contributed by atoms with Gasteiger partial charge in [0.2, 0.25) is 0 Å². The SMILES string of the molecule is CC.CC.N[C@H]1CCCN(c2ccnc3ccc(-c4cccc(-c5nccs5)n4)cc23)C1. The van der Waals surface area contributed by atoms with Crippen molar-refractivity contribution in [2.24, 2.45) is 5.73 Å². The van der Waals surface area contributed by atoms with Crippen LogP contribution in [0.4, 0.5) is 5.69 Å². The molecule has 0 aliphatic carbocycles. The first-order valence-corrected chi connectivity index (χ1v) is 12.4. The Morgan fingerprint density at radius 2 is 1.78 bits per heavy atom. The predicted octanol–water partition coefficient (Wildman–Crippen LogP) is 6.40. The standard InChI is InChI=1S/C22H21N5S.2C2H6/c23-16-3-2-11-27(14-16)21-8-9-24-19-7-6-15(13-17(19)21)18-4-1-5-20(26-18)22-25-10-12-28-22;2*1-2/h1,4-10,12-13,16H,2-3,11,14,23H2;2*1-2H3/t16-;;/m0../s1. The Bertz CT molecular complexity index is 1110. The van der Waals surface area contributed by atoms with E-state index in [1.165, 1.54) is 5.69 Å². The van der Waals surface area contributed by atoms with E-state index in [2.05, 4.69) is 39.1 Å². The largest absolute Gasteiger partial charge is 0.369 e. The minimum Gasteiger partial charge on any atom is -0.369 e. The molecule has 0 spiro atoms. The van der Waals surface area contributed by atoms with E-state index >= 15 is 0 Å². The molecule has 6 heteroatoms. The fourth-order valence-corrected chi connectivity index (χ4v) is 4.47. The lowest BCUT2D eigenvalue weighted by Gasteiger charge is -2.33. The van der Waals surface area contributed by atoms with Crippen molar-refractivity contribution in [1.29, 1.82) is 0 Å². The number of hydrogen-bond donors (Lipinski definition) is 1. The Hall–Kier alpha value is -2.83. The van der Waals surface area contributed by atoms with Gasteiger partial charge in [-0.05, 0) is 43.2 Å². The van der Waals surface area contributed by atoms with Gasteiger partial charge in [-0.15, -0.1) is 11.3 Å². The molecule has 2 N–H and O–H groups in total. The van der Waals surface area contributed by atoms with Crippen molar-refractivity contribution in [3.63, 3.8) is 0 Å². The van der Waals surface area contributed by atoms with Gasteiger partial charge in [0.05, 0.1) is 16.9 Å². The van der Waals surface area contributed by atoms with Gasteiger partial charge < -0.3 is 10.6 Å². The Kier molecular flexibility index (Phi) is 8.71. The monoisotopic (exact) mass is 447 g/mol. The zero-order valence-electron chi connectivity index (χ0n) is 19.5. The van der Waals surface area contributed by atoms with E-state index in [1.807, 2.05) is 63.7 Å².